The van der Waals surface area contributed by atoms with Gasteiger partial charge >= 0.3 is 12.5 Å². The van der Waals surface area contributed by atoms with Gasteiger partial charge in [-0.3, -0.25) is 14.6 Å². The van der Waals surface area contributed by atoms with Crippen molar-refractivity contribution >= 4 is 11.7 Å². The number of nitrogens with zero attached hydrogens (tertiary/aromatic N) is 1. The first-order valence-corrected chi connectivity index (χ1v) is 8.28. The van der Waals surface area contributed by atoms with Crippen molar-refractivity contribution in [3.63, 3.8) is 0 Å². The van der Waals surface area contributed by atoms with Gasteiger partial charge in [-0.25, -0.2) is 0 Å². The Morgan fingerprint density at radius 2 is 1.82 bits per heavy atom. The van der Waals surface area contributed by atoms with Gasteiger partial charge in [-0.15, -0.1) is 0 Å². The van der Waals surface area contributed by atoms with Crippen molar-refractivity contribution < 1.29 is 31.9 Å². The lowest BCUT2D eigenvalue weighted by Crippen LogP contribution is -2.33. The van der Waals surface area contributed by atoms with Crippen LogP contribution in [0.25, 0.3) is 0 Å². The Balaban J connectivity index is 2.03. The first-order chi connectivity index (χ1) is 13.1. The zero-order valence-corrected chi connectivity index (χ0v) is 15.1. The van der Waals surface area contributed by atoms with E-state index < -0.39 is 30.2 Å². The Bertz CT molecular complexity index is 841. The number of Topliss-reactive ketones (excluding diaryl/α,β-unsaturated/α-hetero) is 1. The normalized spacial score (nSPS) is 12.5. The maximum atomic E-state index is 12.9. The molecule has 0 saturated heterocycles. The Morgan fingerprint density at radius 1 is 1.18 bits per heavy atom. The SMILES string of the molecule is CC(=O)Cc1cc(C(=O)NC(C)c2ccc(OC(F)(F)C(F)F)cc2)ccn1. The second kappa shape index (κ2) is 8.81. The molecule has 0 aliphatic rings. The molecular weight excluding hydrogens is 380 g/mol. The Morgan fingerprint density at radius 3 is 2.39 bits per heavy atom. The summed E-state index contributed by atoms with van der Waals surface area (Å²) in [4.78, 5) is 27.6. The molecule has 0 aliphatic carbocycles. The Labute approximate surface area is 158 Å². The van der Waals surface area contributed by atoms with Crippen molar-refractivity contribution in [1.29, 1.82) is 0 Å². The molecule has 1 aromatic heterocycles. The number of carbonyl (C=O) groups is 2. The van der Waals surface area contributed by atoms with Crippen LogP contribution in [-0.2, 0) is 11.2 Å². The van der Waals surface area contributed by atoms with Gasteiger partial charge in [0.15, 0.2) is 0 Å². The van der Waals surface area contributed by atoms with Crippen molar-refractivity contribution in [2.75, 3.05) is 0 Å². The number of ketones is 1. The molecule has 5 nitrogen and oxygen atoms in total. The molecule has 0 aliphatic heterocycles. The number of aromatic nitrogens is 1. The highest BCUT2D eigenvalue weighted by molar-refractivity contribution is 5.94. The van der Waals surface area contributed by atoms with E-state index in [1.165, 1.54) is 37.4 Å². The number of ether oxygens (including phenoxy) is 1. The largest absolute Gasteiger partial charge is 0.461 e. The number of pyridine rings is 1. The lowest BCUT2D eigenvalue weighted by molar-refractivity contribution is -0.253. The van der Waals surface area contributed by atoms with Crippen molar-refractivity contribution in [1.82, 2.24) is 10.3 Å². The average molecular weight is 398 g/mol. The summed E-state index contributed by atoms with van der Waals surface area (Å²) in [5.41, 5.74) is 1.34. The number of hydrogen-bond acceptors (Lipinski definition) is 4. The molecule has 0 radical (unpaired) electrons. The molecule has 0 saturated carbocycles. The number of rotatable bonds is 8. The highest BCUT2D eigenvalue weighted by Crippen LogP contribution is 2.28. The van der Waals surface area contributed by atoms with Crippen LogP contribution in [0.1, 0.15) is 41.5 Å². The number of halogens is 4. The minimum Gasteiger partial charge on any atom is -0.428 e. The quantitative estimate of drug-likeness (QED) is 0.684. The molecular formula is C19H18F4N2O3. The van der Waals surface area contributed by atoms with Gasteiger partial charge in [0.05, 0.1) is 6.04 Å². The van der Waals surface area contributed by atoms with Gasteiger partial charge in [-0.2, -0.15) is 17.6 Å². The third-order valence-corrected chi connectivity index (χ3v) is 3.74. The van der Waals surface area contributed by atoms with E-state index in [2.05, 4.69) is 15.0 Å². The lowest BCUT2D eigenvalue weighted by atomic mass is 10.1. The Kier molecular flexibility index (Phi) is 6.71. The van der Waals surface area contributed by atoms with Crippen LogP contribution < -0.4 is 10.1 Å². The van der Waals surface area contributed by atoms with Crippen molar-refractivity contribution in [2.45, 2.75) is 38.8 Å². The summed E-state index contributed by atoms with van der Waals surface area (Å²) in [6.45, 7) is 3.08. The van der Waals surface area contributed by atoms with Crippen molar-refractivity contribution in [3.8, 4) is 5.75 Å². The van der Waals surface area contributed by atoms with Crippen LogP contribution >= 0.6 is 0 Å². The van der Waals surface area contributed by atoms with E-state index in [-0.39, 0.29) is 12.2 Å². The zero-order chi connectivity index (χ0) is 20.9. The second-order valence-corrected chi connectivity index (χ2v) is 6.14. The smallest absolute Gasteiger partial charge is 0.428 e. The van der Waals surface area contributed by atoms with Crippen LogP contribution in [0.4, 0.5) is 17.6 Å². The topological polar surface area (TPSA) is 68.3 Å². The highest BCUT2D eigenvalue weighted by Gasteiger charge is 2.43. The Hall–Kier alpha value is -2.97. The fraction of sp³-hybridized carbons (Fsp3) is 0.316. The fourth-order valence-corrected chi connectivity index (χ4v) is 2.36. The molecule has 28 heavy (non-hydrogen) atoms. The van der Waals surface area contributed by atoms with E-state index in [1.54, 1.807) is 6.92 Å². The summed E-state index contributed by atoms with van der Waals surface area (Å²) >= 11 is 0. The third-order valence-electron chi connectivity index (χ3n) is 3.74. The van der Waals surface area contributed by atoms with Gasteiger partial charge in [0.1, 0.15) is 11.5 Å². The van der Waals surface area contributed by atoms with E-state index >= 15 is 0 Å². The molecule has 1 N–H and O–H groups in total. The third kappa shape index (κ3) is 5.77. The summed E-state index contributed by atoms with van der Waals surface area (Å²) in [6, 6.07) is 7.51. The zero-order valence-electron chi connectivity index (χ0n) is 15.1. The van der Waals surface area contributed by atoms with Gasteiger partial charge in [0.25, 0.3) is 5.91 Å². The maximum absolute atomic E-state index is 12.9. The van der Waals surface area contributed by atoms with Crippen LogP contribution in [0.15, 0.2) is 42.6 Å². The van der Waals surface area contributed by atoms with E-state index in [1.807, 2.05) is 0 Å². The van der Waals surface area contributed by atoms with Gasteiger partial charge in [0, 0.05) is 23.9 Å². The van der Waals surface area contributed by atoms with Gasteiger partial charge < -0.3 is 10.1 Å². The molecule has 0 fully saturated rings. The molecule has 0 bridgehead atoms. The van der Waals surface area contributed by atoms with Crippen LogP contribution in [0.5, 0.6) is 5.75 Å². The monoisotopic (exact) mass is 398 g/mol. The summed E-state index contributed by atoms with van der Waals surface area (Å²) in [7, 11) is 0. The van der Waals surface area contributed by atoms with Gasteiger partial charge in [-0.1, -0.05) is 12.1 Å². The average Bonchev–Trinajstić information content (AvgIpc) is 2.61. The minimum absolute atomic E-state index is 0.0850. The van der Waals surface area contributed by atoms with Crippen LogP contribution in [0.3, 0.4) is 0 Å². The van der Waals surface area contributed by atoms with Gasteiger partial charge in [0.2, 0.25) is 0 Å². The number of amides is 1. The minimum atomic E-state index is -4.58. The molecule has 1 heterocycles. The molecule has 0 spiro atoms. The van der Waals surface area contributed by atoms with Crippen molar-refractivity contribution in [3.05, 3.63) is 59.4 Å². The predicted molar refractivity (Wildman–Crippen MR) is 92.5 cm³/mol. The van der Waals surface area contributed by atoms with Gasteiger partial charge in [-0.05, 0) is 43.7 Å². The highest BCUT2D eigenvalue weighted by atomic mass is 19.3. The van der Waals surface area contributed by atoms with Crippen LogP contribution in [0.2, 0.25) is 0 Å². The van der Waals surface area contributed by atoms with E-state index in [0.717, 1.165) is 12.1 Å². The predicted octanol–water partition coefficient (Wildman–Crippen LogP) is 3.94. The summed E-state index contributed by atoms with van der Waals surface area (Å²) in [6.07, 6.45) is -6.99. The molecule has 1 unspecified atom stereocenters. The molecule has 1 aromatic carbocycles. The van der Waals surface area contributed by atoms with E-state index in [4.69, 9.17) is 0 Å². The van der Waals surface area contributed by atoms with E-state index in [0.29, 0.717) is 16.8 Å². The molecule has 150 valence electrons. The van der Waals surface area contributed by atoms with Crippen molar-refractivity contribution in [2.24, 2.45) is 0 Å². The number of carbonyl (C=O) groups excluding carboxylic acids is 2. The van der Waals surface area contributed by atoms with E-state index in [9.17, 15) is 27.2 Å². The first kappa shape index (κ1) is 21.3. The molecule has 9 heteroatoms. The fourth-order valence-electron chi connectivity index (χ4n) is 2.36. The standard InChI is InChI=1S/C19H18F4N2O3/c1-11(26)9-15-10-14(7-8-24-15)17(27)25-12(2)13-3-5-16(6-4-13)28-19(22,23)18(20)21/h3-8,10,12,18H,9H2,1-2H3,(H,25,27). The summed E-state index contributed by atoms with van der Waals surface area (Å²) in [5, 5.41) is 2.72. The lowest BCUT2D eigenvalue weighted by Gasteiger charge is -2.18. The number of hydrogen-bond donors (Lipinski definition) is 1. The molecule has 2 aromatic rings. The number of benzene rings is 1. The molecule has 1 atom stereocenters. The number of alkyl halides is 4. The number of nitrogens with one attached hydrogen (secondary N) is 1. The van der Waals surface area contributed by atoms with Crippen LogP contribution in [0, 0.1) is 0 Å². The maximum Gasteiger partial charge on any atom is 0.461 e. The summed E-state index contributed by atoms with van der Waals surface area (Å²) in [5.74, 6) is -0.919. The summed E-state index contributed by atoms with van der Waals surface area (Å²) < 4.78 is 54.1. The second-order valence-electron chi connectivity index (χ2n) is 6.14. The molecule has 1 amide bonds. The molecule has 2 rings (SSSR count). The first-order valence-electron chi connectivity index (χ1n) is 8.28. The van der Waals surface area contributed by atoms with Crippen LogP contribution in [-0.4, -0.2) is 29.2 Å².